The van der Waals surface area contributed by atoms with E-state index >= 15 is 0 Å². The second kappa shape index (κ2) is 5.86. The van der Waals surface area contributed by atoms with Gasteiger partial charge in [0.25, 0.3) is 0 Å². The number of hydrogen-bond acceptors (Lipinski definition) is 3. The number of nitrogens with zero attached hydrogens (tertiary/aromatic N) is 2. The molecule has 1 rings (SSSR count). The molecule has 6 heteroatoms. The molecule has 0 aliphatic carbocycles. The van der Waals surface area contributed by atoms with Crippen molar-refractivity contribution in [1.82, 2.24) is 15.1 Å². The zero-order chi connectivity index (χ0) is 13.0. The van der Waals surface area contributed by atoms with Crippen LogP contribution in [0.4, 0.5) is 4.79 Å². The van der Waals surface area contributed by atoms with Gasteiger partial charge in [0.15, 0.2) is 0 Å². The van der Waals surface area contributed by atoms with Crippen LogP contribution in [0.3, 0.4) is 0 Å². The average molecular weight is 243 g/mol. The van der Waals surface area contributed by atoms with E-state index in [-0.39, 0.29) is 11.8 Å². The maximum Gasteiger partial charge on any atom is 0.405 e. The van der Waals surface area contributed by atoms with Crippen LogP contribution in [0.2, 0.25) is 0 Å². The molecule has 1 aliphatic rings. The molecule has 0 saturated carbocycles. The second-order valence-corrected chi connectivity index (χ2v) is 4.80. The molecule has 0 aromatic carbocycles. The molecule has 1 atom stereocenters. The predicted octanol–water partition coefficient (Wildman–Crippen LogP) is 0.0526. The molecule has 2 amide bonds. The molecule has 0 radical (unpaired) electrons. The van der Waals surface area contributed by atoms with E-state index in [9.17, 15) is 9.59 Å². The van der Waals surface area contributed by atoms with Crippen LogP contribution < -0.4 is 5.32 Å². The van der Waals surface area contributed by atoms with Gasteiger partial charge in [-0.15, -0.1) is 0 Å². The first-order valence-corrected chi connectivity index (χ1v) is 5.88. The van der Waals surface area contributed by atoms with Crippen LogP contribution in [-0.2, 0) is 4.79 Å². The summed E-state index contributed by atoms with van der Waals surface area (Å²) < 4.78 is 0. The lowest BCUT2D eigenvalue weighted by molar-refractivity contribution is -0.136. The quantitative estimate of drug-likeness (QED) is 0.735. The summed E-state index contributed by atoms with van der Waals surface area (Å²) in [6.07, 6.45) is -1.15. The minimum Gasteiger partial charge on any atom is -0.465 e. The van der Waals surface area contributed by atoms with Crippen molar-refractivity contribution < 1.29 is 14.7 Å². The van der Waals surface area contributed by atoms with Crippen molar-refractivity contribution in [3.63, 3.8) is 0 Å². The topological polar surface area (TPSA) is 72.9 Å². The fourth-order valence-electron chi connectivity index (χ4n) is 1.87. The first kappa shape index (κ1) is 13.8. The number of nitrogens with one attached hydrogen (secondary N) is 1. The SMILES string of the molecule is CC(C)C(NC(=O)O)C(=O)N1CCN(C)CC1. The molecule has 2 N–H and O–H groups in total. The minimum absolute atomic E-state index is 0.0433. The Morgan fingerprint density at radius 2 is 1.71 bits per heavy atom. The number of carbonyl (C=O) groups is 2. The number of carbonyl (C=O) groups excluding carboxylic acids is 1. The molecular weight excluding hydrogens is 222 g/mol. The van der Waals surface area contributed by atoms with Gasteiger partial charge in [0.05, 0.1) is 0 Å². The molecule has 1 aliphatic heterocycles. The second-order valence-electron chi connectivity index (χ2n) is 4.80. The molecule has 17 heavy (non-hydrogen) atoms. The normalized spacial score (nSPS) is 19.2. The molecular formula is C11H21N3O3. The monoisotopic (exact) mass is 243 g/mol. The van der Waals surface area contributed by atoms with E-state index in [1.54, 1.807) is 4.90 Å². The van der Waals surface area contributed by atoms with E-state index < -0.39 is 12.1 Å². The Hall–Kier alpha value is -1.30. The van der Waals surface area contributed by atoms with Gasteiger partial charge in [-0.3, -0.25) is 4.79 Å². The van der Waals surface area contributed by atoms with Crippen LogP contribution in [-0.4, -0.2) is 66.2 Å². The predicted molar refractivity (Wildman–Crippen MR) is 63.9 cm³/mol. The Morgan fingerprint density at radius 3 is 2.12 bits per heavy atom. The fourth-order valence-corrected chi connectivity index (χ4v) is 1.87. The van der Waals surface area contributed by atoms with E-state index in [0.29, 0.717) is 13.1 Å². The van der Waals surface area contributed by atoms with E-state index in [1.165, 1.54) is 0 Å². The van der Waals surface area contributed by atoms with Gasteiger partial charge in [-0.05, 0) is 13.0 Å². The Bertz CT molecular complexity index is 286. The van der Waals surface area contributed by atoms with Crippen molar-refractivity contribution in [3.8, 4) is 0 Å². The number of likely N-dealkylation sites (N-methyl/N-ethyl adjacent to an activating group) is 1. The molecule has 1 unspecified atom stereocenters. The molecule has 0 aromatic rings. The lowest BCUT2D eigenvalue weighted by Gasteiger charge is -2.35. The van der Waals surface area contributed by atoms with Gasteiger partial charge in [-0.2, -0.15) is 0 Å². The molecule has 6 nitrogen and oxygen atoms in total. The molecule has 1 saturated heterocycles. The first-order valence-electron chi connectivity index (χ1n) is 5.88. The molecule has 98 valence electrons. The summed E-state index contributed by atoms with van der Waals surface area (Å²) in [6, 6.07) is -0.643. The highest BCUT2D eigenvalue weighted by molar-refractivity contribution is 5.85. The third kappa shape index (κ3) is 3.89. The van der Waals surface area contributed by atoms with E-state index in [2.05, 4.69) is 10.2 Å². The Morgan fingerprint density at radius 1 is 1.18 bits per heavy atom. The van der Waals surface area contributed by atoms with Crippen molar-refractivity contribution in [2.45, 2.75) is 19.9 Å². The highest BCUT2D eigenvalue weighted by Crippen LogP contribution is 2.08. The lowest BCUT2D eigenvalue weighted by Crippen LogP contribution is -2.55. The van der Waals surface area contributed by atoms with E-state index in [0.717, 1.165) is 13.1 Å². The van der Waals surface area contributed by atoms with Crippen molar-refractivity contribution in [1.29, 1.82) is 0 Å². The van der Waals surface area contributed by atoms with Gasteiger partial charge in [0.1, 0.15) is 6.04 Å². The van der Waals surface area contributed by atoms with Crippen LogP contribution in [0.1, 0.15) is 13.8 Å². The van der Waals surface area contributed by atoms with Gasteiger partial charge in [-0.1, -0.05) is 13.8 Å². The molecule has 1 heterocycles. The Kier molecular flexibility index (Phi) is 4.74. The standard InChI is InChI=1S/C11H21N3O3/c1-8(2)9(12-11(16)17)10(15)14-6-4-13(3)5-7-14/h8-9,12H,4-7H2,1-3H3,(H,16,17). The van der Waals surface area contributed by atoms with Crippen molar-refractivity contribution in [2.24, 2.45) is 5.92 Å². The number of amides is 2. The van der Waals surface area contributed by atoms with Gasteiger partial charge < -0.3 is 20.2 Å². The van der Waals surface area contributed by atoms with Gasteiger partial charge >= 0.3 is 6.09 Å². The Labute approximate surface area is 102 Å². The molecule has 0 spiro atoms. The largest absolute Gasteiger partial charge is 0.465 e. The maximum atomic E-state index is 12.2. The third-order valence-electron chi connectivity index (χ3n) is 3.03. The van der Waals surface area contributed by atoms with Crippen molar-refractivity contribution >= 4 is 12.0 Å². The zero-order valence-electron chi connectivity index (χ0n) is 10.6. The van der Waals surface area contributed by atoms with Crippen LogP contribution in [0.15, 0.2) is 0 Å². The summed E-state index contributed by atoms with van der Waals surface area (Å²) in [6.45, 7) is 6.69. The Balaban J connectivity index is 2.61. The van der Waals surface area contributed by atoms with Crippen molar-refractivity contribution in [3.05, 3.63) is 0 Å². The summed E-state index contributed by atoms with van der Waals surface area (Å²) in [5, 5.41) is 11.0. The number of piperazine rings is 1. The number of hydrogen-bond donors (Lipinski definition) is 2. The summed E-state index contributed by atoms with van der Waals surface area (Å²) in [5.41, 5.74) is 0. The fraction of sp³-hybridized carbons (Fsp3) is 0.818. The van der Waals surface area contributed by atoms with Crippen LogP contribution in [0, 0.1) is 5.92 Å². The molecule has 1 fully saturated rings. The minimum atomic E-state index is -1.15. The van der Waals surface area contributed by atoms with Gasteiger partial charge in [0.2, 0.25) is 5.91 Å². The lowest BCUT2D eigenvalue weighted by atomic mass is 10.0. The highest BCUT2D eigenvalue weighted by atomic mass is 16.4. The number of carboxylic acid groups (broad SMARTS) is 1. The maximum absolute atomic E-state index is 12.2. The van der Waals surface area contributed by atoms with Gasteiger partial charge in [-0.25, -0.2) is 4.79 Å². The number of rotatable bonds is 3. The van der Waals surface area contributed by atoms with E-state index in [4.69, 9.17) is 5.11 Å². The third-order valence-corrected chi connectivity index (χ3v) is 3.03. The molecule has 0 aromatic heterocycles. The highest BCUT2D eigenvalue weighted by Gasteiger charge is 2.29. The average Bonchev–Trinajstić information content (AvgIpc) is 2.25. The summed E-state index contributed by atoms with van der Waals surface area (Å²) in [7, 11) is 2.01. The van der Waals surface area contributed by atoms with Crippen LogP contribution in [0.25, 0.3) is 0 Å². The zero-order valence-corrected chi connectivity index (χ0v) is 10.6. The van der Waals surface area contributed by atoms with Gasteiger partial charge in [0, 0.05) is 26.2 Å². The summed E-state index contributed by atoms with van der Waals surface area (Å²) >= 11 is 0. The van der Waals surface area contributed by atoms with Crippen LogP contribution >= 0.6 is 0 Å². The van der Waals surface area contributed by atoms with E-state index in [1.807, 2.05) is 20.9 Å². The van der Waals surface area contributed by atoms with Crippen LogP contribution in [0.5, 0.6) is 0 Å². The summed E-state index contributed by atoms with van der Waals surface area (Å²) in [4.78, 5) is 26.7. The van der Waals surface area contributed by atoms with Crippen molar-refractivity contribution in [2.75, 3.05) is 33.2 Å². The molecule has 0 bridgehead atoms. The first-order chi connectivity index (χ1) is 7.91. The smallest absolute Gasteiger partial charge is 0.405 e. The summed E-state index contributed by atoms with van der Waals surface area (Å²) in [5.74, 6) is -0.159.